The Morgan fingerprint density at radius 2 is 1.83 bits per heavy atom. The van der Waals surface area contributed by atoms with Crippen molar-refractivity contribution in [3.05, 3.63) is 41.0 Å². The predicted octanol–water partition coefficient (Wildman–Crippen LogP) is 2.89. The first kappa shape index (κ1) is 33.2. The zero-order valence-electron chi connectivity index (χ0n) is 27.5. The lowest BCUT2D eigenvalue weighted by Gasteiger charge is -2.36. The molecule has 0 radical (unpaired) electrons. The van der Waals surface area contributed by atoms with Crippen molar-refractivity contribution in [2.75, 3.05) is 20.3 Å². The molecule has 4 amide bonds. The molecule has 0 aromatic heterocycles. The summed E-state index contributed by atoms with van der Waals surface area (Å²) in [7, 11) is 1.23. The molecule has 3 aliphatic heterocycles. The number of methoxy groups -OCH3 is 1. The van der Waals surface area contributed by atoms with Crippen molar-refractivity contribution < 1.29 is 42.9 Å². The first-order chi connectivity index (χ1) is 21.5. The van der Waals surface area contributed by atoms with Crippen molar-refractivity contribution in [3.63, 3.8) is 0 Å². The van der Waals surface area contributed by atoms with E-state index >= 15 is 0 Å². The van der Waals surface area contributed by atoms with Gasteiger partial charge in [0.15, 0.2) is 5.54 Å². The van der Waals surface area contributed by atoms with Gasteiger partial charge in [-0.1, -0.05) is 51.1 Å². The minimum absolute atomic E-state index is 0.0454. The van der Waals surface area contributed by atoms with Gasteiger partial charge in [-0.3, -0.25) is 14.5 Å². The highest BCUT2D eigenvalue weighted by atomic mass is 16.6. The number of carbonyl (C=O) groups is 5. The number of carbonyl (C=O) groups excluding carboxylic acids is 5. The van der Waals surface area contributed by atoms with Gasteiger partial charge in [-0.15, -0.1) is 0 Å². The average Bonchev–Trinajstić information content (AvgIpc) is 3.28. The average molecular weight is 641 g/mol. The Bertz CT molecular complexity index is 1450. The number of fused-ring (bicyclic) bond motifs is 4. The van der Waals surface area contributed by atoms with E-state index in [1.807, 2.05) is 30.4 Å². The molecule has 5 rings (SSSR count). The topological polar surface area (TPSA) is 153 Å². The van der Waals surface area contributed by atoms with E-state index in [-0.39, 0.29) is 26.0 Å². The molecule has 250 valence electrons. The minimum Gasteiger partial charge on any atom is -0.467 e. The van der Waals surface area contributed by atoms with Gasteiger partial charge in [-0.2, -0.15) is 0 Å². The molecular weight excluding hydrogens is 596 g/mol. The molecule has 1 aromatic rings. The maximum absolute atomic E-state index is 14.2. The van der Waals surface area contributed by atoms with Crippen LogP contribution in [0.2, 0.25) is 0 Å². The van der Waals surface area contributed by atoms with Crippen molar-refractivity contribution in [2.24, 2.45) is 5.41 Å². The Kier molecular flexibility index (Phi) is 8.84. The summed E-state index contributed by atoms with van der Waals surface area (Å²) in [6, 6.07) is 3.67. The molecule has 2 fully saturated rings. The molecule has 1 saturated carbocycles. The second-order valence-electron chi connectivity index (χ2n) is 14.4. The zero-order valence-corrected chi connectivity index (χ0v) is 27.5. The second kappa shape index (κ2) is 12.2. The van der Waals surface area contributed by atoms with Gasteiger partial charge in [0.1, 0.15) is 23.8 Å². The molecule has 13 heteroatoms. The van der Waals surface area contributed by atoms with Crippen LogP contribution in [0, 0.1) is 5.41 Å². The number of benzene rings is 1. The Morgan fingerprint density at radius 3 is 2.50 bits per heavy atom. The first-order valence-corrected chi connectivity index (χ1v) is 15.6. The molecule has 1 aliphatic carbocycles. The van der Waals surface area contributed by atoms with Crippen molar-refractivity contribution >= 4 is 36.0 Å². The third kappa shape index (κ3) is 6.84. The monoisotopic (exact) mass is 640 g/mol. The zero-order chi connectivity index (χ0) is 33.6. The predicted molar refractivity (Wildman–Crippen MR) is 165 cm³/mol. The molecule has 2 N–H and O–H groups in total. The van der Waals surface area contributed by atoms with Crippen LogP contribution in [0.25, 0.3) is 6.08 Å². The Hall–Kier alpha value is -4.13. The fraction of sp³-hybridized carbons (Fsp3) is 0.606. The molecule has 46 heavy (non-hydrogen) atoms. The van der Waals surface area contributed by atoms with Crippen molar-refractivity contribution in [2.45, 2.75) is 103 Å². The number of amides is 4. The van der Waals surface area contributed by atoms with Gasteiger partial charge in [0.05, 0.1) is 32.9 Å². The number of hydrogen-bond acceptors (Lipinski definition) is 9. The highest BCUT2D eigenvalue weighted by molar-refractivity contribution is 5.98. The van der Waals surface area contributed by atoms with E-state index < -0.39 is 70.8 Å². The third-order valence-corrected chi connectivity index (χ3v) is 8.67. The smallest absolute Gasteiger partial charge is 0.410 e. The maximum atomic E-state index is 14.2. The van der Waals surface area contributed by atoms with Crippen LogP contribution < -0.4 is 10.6 Å². The Balaban J connectivity index is 1.50. The number of nitrogens with one attached hydrogen (secondary N) is 2. The summed E-state index contributed by atoms with van der Waals surface area (Å²) in [6.45, 7) is 11.3. The van der Waals surface area contributed by atoms with Crippen LogP contribution in [-0.2, 0) is 46.4 Å². The van der Waals surface area contributed by atoms with E-state index in [1.165, 1.54) is 12.0 Å². The standard InChI is InChI=1S/C33H44N4O9/c1-31(2,3)25-26(38)37-17-21(14-23(37)27(39)43-7)45-30(42)36-16-20-11-8-10-19(22(20)18-36)12-9-13-44-24-15-33(24,28(40)34-25)35-29(41)46-32(4,5)6/h8-12,21,23-25H,13-18H2,1-7H3,(H,34,40)(H,35,41)/b12-9+/t21-,23+,24?,25-,33?/m1/s1. The van der Waals surface area contributed by atoms with Crippen LogP contribution in [0.5, 0.6) is 0 Å². The molecule has 1 aromatic carbocycles. The molecule has 1 saturated heterocycles. The fourth-order valence-corrected chi connectivity index (χ4v) is 6.20. The van der Waals surface area contributed by atoms with E-state index in [1.54, 1.807) is 46.4 Å². The Morgan fingerprint density at radius 1 is 1.09 bits per heavy atom. The molecule has 13 nitrogen and oxygen atoms in total. The third-order valence-electron chi connectivity index (χ3n) is 8.67. The molecule has 2 unspecified atom stereocenters. The number of nitrogens with zero attached hydrogens (tertiary/aromatic N) is 2. The van der Waals surface area contributed by atoms with Crippen LogP contribution in [-0.4, -0.2) is 95.5 Å². The van der Waals surface area contributed by atoms with Gasteiger partial charge in [-0.05, 0) is 42.9 Å². The highest BCUT2D eigenvalue weighted by Crippen LogP contribution is 2.41. The van der Waals surface area contributed by atoms with Gasteiger partial charge in [0, 0.05) is 19.4 Å². The minimum atomic E-state index is -1.48. The summed E-state index contributed by atoms with van der Waals surface area (Å²) in [6.07, 6.45) is 1.13. The lowest BCUT2D eigenvalue weighted by molar-refractivity contribution is -0.153. The summed E-state index contributed by atoms with van der Waals surface area (Å²) in [5.74, 6) is -1.81. The number of ether oxygens (including phenoxy) is 4. The molecule has 0 spiro atoms. The summed E-state index contributed by atoms with van der Waals surface area (Å²) < 4.78 is 22.4. The lowest BCUT2D eigenvalue weighted by atomic mass is 9.85. The number of alkyl carbamates (subject to hydrolysis) is 1. The molecule has 4 aliphatic rings. The number of hydrogen-bond donors (Lipinski definition) is 2. The van der Waals surface area contributed by atoms with Gasteiger partial charge >= 0.3 is 18.2 Å². The molecule has 5 atom stereocenters. The van der Waals surface area contributed by atoms with Gasteiger partial charge < -0.3 is 34.5 Å². The van der Waals surface area contributed by atoms with E-state index in [0.717, 1.165) is 16.7 Å². The van der Waals surface area contributed by atoms with Crippen LogP contribution in [0.4, 0.5) is 9.59 Å². The van der Waals surface area contributed by atoms with E-state index in [9.17, 15) is 24.0 Å². The molecule has 3 heterocycles. The maximum Gasteiger partial charge on any atom is 0.410 e. The second-order valence-corrected chi connectivity index (χ2v) is 14.4. The van der Waals surface area contributed by atoms with E-state index in [2.05, 4.69) is 10.6 Å². The van der Waals surface area contributed by atoms with Gasteiger partial charge in [0.25, 0.3) is 0 Å². The van der Waals surface area contributed by atoms with Crippen molar-refractivity contribution in [3.8, 4) is 0 Å². The quantitative estimate of drug-likeness (QED) is 0.367. The highest BCUT2D eigenvalue weighted by Gasteiger charge is 2.64. The van der Waals surface area contributed by atoms with Crippen molar-refractivity contribution in [1.29, 1.82) is 0 Å². The largest absolute Gasteiger partial charge is 0.467 e. The van der Waals surface area contributed by atoms with Crippen molar-refractivity contribution in [1.82, 2.24) is 20.4 Å². The van der Waals surface area contributed by atoms with Crippen LogP contribution >= 0.6 is 0 Å². The SMILES string of the molecule is COC(=O)[C@@H]1C[C@@H]2CN1C(=O)[C@H](C(C)(C)C)NC(=O)C1(NC(=O)OC(C)(C)C)CC1OC/C=C/c1cccc3c1CN(C3)C(=O)O2. The molecule has 4 bridgehead atoms. The van der Waals surface area contributed by atoms with Crippen LogP contribution in [0.3, 0.4) is 0 Å². The first-order valence-electron chi connectivity index (χ1n) is 15.6. The van der Waals surface area contributed by atoms with E-state index in [4.69, 9.17) is 18.9 Å². The summed E-state index contributed by atoms with van der Waals surface area (Å²) in [5, 5.41) is 5.56. The lowest BCUT2D eigenvalue weighted by Crippen LogP contribution is -2.61. The Labute approximate surface area is 268 Å². The van der Waals surface area contributed by atoms with Crippen LogP contribution in [0.1, 0.15) is 71.1 Å². The number of esters is 1. The van der Waals surface area contributed by atoms with E-state index in [0.29, 0.717) is 13.1 Å². The number of rotatable bonds is 2. The summed E-state index contributed by atoms with van der Waals surface area (Å²) in [5.41, 5.74) is -0.241. The normalized spacial score (nSPS) is 29.0. The molecular formula is C33H44N4O9. The van der Waals surface area contributed by atoms with Gasteiger partial charge in [0.2, 0.25) is 11.8 Å². The summed E-state index contributed by atoms with van der Waals surface area (Å²) in [4.78, 5) is 70.2. The van der Waals surface area contributed by atoms with Crippen LogP contribution in [0.15, 0.2) is 24.3 Å². The van der Waals surface area contributed by atoms with Gasteiger partial charge in [-0.25, -0.2) is 14.4 Å². The summed E-state index contributed by atoms with van der Waals surface area (Å²) >= 11 is 0. The fourth-order valence-electron chi connectivity index (χ4n) is 6.20.